The summed E-state index contributed by atoms with van der Waals surface area (Å²) in [4.78, 5) is 24.2. The van der Waals surface area contributed by atoms with Gasteiger partial charge >= 0.3 is 0 Å². The van der Waals surface area contributed by atoms with Crippen LogP contribution in [0.3, 0.4) is 0 Å². The van der Waals surface area contributed by atoms with Gasteiger partial charge in [-0.25, -0.2) is 8.42 Å². The fourth-order valence-corrected chi connectivity index (χ4v) is 5.97. The van der Waals surface area contributed by atoms with Gasteiger partial charge in [-0.3, -0.25) is 9.59 Å². The summed E-state index contributed by atoms with van der Waals surface area (Å²) in [6.45, 7) is 1.95. The van der Waals surface area contributed by atoms with Crippen LogP contribution in [-0.2, 0) is 19.6 Å². The molecule has 170 valence electrons. The molecule has 2 amide bonds. The quantitative estimate of drug-likeness (QED) is 0.670. The van der Waals surface area contributed by atoms with E-state index in [1.165, 1.54) is 16.4 Å². The van der Waals surface area contributed by atoms with Gasteiger partial charge in [0.15, 0.2) is 6.61 Å². The van der Waals surface area contributed by atoms with E-state index in [1.807, 2.05) is 6.92 Å². The number of amides is 2. The second-order valence-corrected chi connectivity index (χ2v) is 10.5. The highest BCUT2D eigenvalue weighted by Gasteiger charge is 2.35. The number of benzene rings is 2. The Bertz CT molecular complexity index is 1200. The second kappa shape index (κ2) is 8.90. The predicted octanol–water partition coefficient (Wildman–Crippen LogP) is 3.67. The average Bonchev–Trinajstić information content (AvgIpc) is 2.75. The Morgan fingerprint density at radius 1 is 1.25 bits per heavy atom. The summed E-state index contributed by atoms with van der Waals surface area (Å²) in [5.74, 6) is -0.902. The average molecular weight is 498 g/mol. The normalized spacial score (nSPS) is 19.0. The highest BCUT2D eigenvalue weighted by atomic mass is 35.5. The summed E-state index contributed by atoms with van der Waals surface area (Å²) in [5, 5.41) is 5.92. The molecule has 2 heterocycles. The van der Waals surface area contributed by atoms with Gasteiger partial charge in [0.2, 0.25) is 15.9 Å². The molecule has 0 radical (unpaired) electrons. The molecule has 1 fully saturated rings. The first kappa shape index (κ1) is 22.8. The monoisotopic (exact) mass is 497 g/mol. The number of ether oxygens (including phenoxy) is 1. The Kier molecular flexibility index (Phi) is 6.35. The van der Waals surface area contributed by atoms with E-state index in [2.05, 4.69) is 10.6 Å². The number of fused-ring (bicyclic) bond motifs is 1. The number of aryl methyl sites for hydroxylation is 1. The lowest BCUT2D eigenvalue weighted by molar-refractivity contribution is -0.121. The number of nitrogens with one attached hydrogen (secondary N) is 2. The maximum atomic E-state index is 13.3. The SMILES string of the molecule is Cc1ccc(Cl)cc1NC(=O)[C@H]1CCCN(S(=O)(=O)c2cc3c(cc2Cl)NC(=O)CO3)C1. The zero-order chi connectivity index (χ0) is 23.0. The van der Waals surface area contributed by atoms with Gasteiger partial charge in [-0.2, -0.15) is 4.31 Å². The highest BCUT2D eigenvalue weighted by Crippen LogP contribution is 2.37. The Morgan fingerprint density at radius 2 is 2.03 bits per heavy atom. The van der Waals surface area contributed by atoms with E-state index in [0.717, 1.165) is 5.56 Å². The number of sulfonamides is 1. The van der Waals surface area contributed by atoms with Gasteiger partial charge in [-0.15, -0.1) is 0 Å². The van der Waals surface area contributed by atoms with Crippen molar-refractivity contribution in [1.29, 1.82) is 0 Å². The van der Waals surface area contributed by atoms with Gasteiger partial charge in [0, 0.05) is 29.9 Å². The molecule has 0 aliphatic carbocycles. The van der Waals surface area contributed by atoms with Crippen molar-refractivity contribution in [2.45, 2.75) is 24.7 Å². The molecule has 11 heteroatoms. The van der Waals surface area contributed by atoms with Crippen LogP contribution in [-0.4, -0.2) is 44.2 Å². The summed E-state index contributed by atoms with van der Waals surface area (Å²) in [5.41, 5.74) is 1.77. The van der Waals surface area contributed by atoms with Gasteiger partial charge in [-0.1, -0.05) is 29.3 Å². The maximum Gasteiger partial charge on any atom is 0.262 e. The van der Waals surface area contributed by atoms with Crippen molar-refractivity contribution in [2.75, 3.05) is 30.3 Å². The molecule has 1 saturated heterocycles. The van der Waals surface area contributed by atoms with Crippen LogP contribution in [0.25, 0.3) is 0 Å². The minimum atomic E-state index is -3.99. The number of hydrogen-bond donors (Lipinski definition) is 2. The summed E-state index contributed by atoms with van der Waals surface area (Å²) in [7, 11) is -3.99. The van der Waals surface area contributed by atoms with Crippen molar-refractivity contribution in [3.05, 3.63) is 45.9 Å². The van der Waals surface area contributed by atoms with Gasteiger partial charge in [0.05, 0.1) is 16.6 Å². The third-order valence-corrected chi connectivity index (χ3v) is 8.06. The van der Waals surface area contributed by atoms with Crippen molar-refractivity contribution in [1.82, 2.24) is 4.31 Å². The first-order chi connectivity index (χ1) is 15.1. The Labute approximate surface area is 195 Å². The molecule has 2 N–H and O–H groups in total. The number of piperidine rings is 1. The number of carbonyl (C=O) groups excluding carboxylic acids is 2. The molecular formula is C21H21Cl2N3O5S. The molecule has 0 spiro atoms. The van der Waals surface area contributed by atoms with Crippen LogP contribution in [0.5, 0.6) is 5.75 Å². The van der Waals surface area contributed by atoms with Crippen LogP contribution in [0.15, 0.2) is 35.2 Å². The van der Waals surface area contributed by atoms with Crippen molar-refractivity contribution in [3.63, 3.8) is 0 Å². The fraction of sp³-hybridized carbons (Fsp3) is 0.333. The fourth-order valence-electron chi connectivity index (χ4n) is 3.76. The van der Waals surface area contributed by atoms with Gasteiger partial charge in [-0.05, 0) is 43.5 Å². The third kappa shape index (κ3) is 4.56. The van der Waals surface area contributed by atoms with Crippen LogP contribution in [0.2, 0.25) is 10.0 Å². The molecule has 2 aromatic rings. The molecule has 0 saturated carbocycles. The number of anilines is 2. The van der Waals surface area contributed by atoms with E-state index in [1.54, 1.807) is 18.2 Å². The first-order valence-electron chi connectivity index (χ1n) is 9.98. The summed E-state index contributed by atoms with van der Waals surface area (Å²) in [6.07, 6.45) is 1.09. The molecular weight excluding hydrogens is 477 g/mol. The smallest absolute Gasteiger partial charge is 0.262 e. The molecule has 0 unspecified atom stereocenters. The lowest BCUT2D eigenvalue weighted by Crippen LogP contribution is -2.43. The topological polar surface area (TPSA) is 105 Å². The van der Waals surface area contributed by atoms with Crippen LogP contribution in [0.4, 0.5) is 11.4 Å². The van der Waals surface area contributed by atoms with E-state index in [0.29, 0.717) is 29.2 Å². The maximum absolute atomic E-state index is 13.3. The highest BCUT2D eigenvalue weighted by molar-refractivity contribution is 7.89. The molecule has 4 rings (SSSR count). The molecule has 0 bridgehead atoms. The minimum absolute atomic E-state index is 0.0266. The molecule has 0 aromatic heterocycles. The first-order valence-corrected chi connectivity index (χ1v) is 12.2. The third-order valence-electron chi connectivity index (χ3n) is 5.50. The summed E-state index contributed by atoms with van der Waals surface area (Å²) >= 11 is 12.3. The zero-order valence-electron chi connectivity index (χ0n) is 17.2. The number of hydrogen-bond acceptors (Lipinski definition) is 5. The van der Waals surface area contributed by atoms with Gasteiger partial charge < -0.3 is 15.4 Å². The Hall–Kier alpha value is -2.33. The zero-order valence-corrected chi connectivity index (χ0v) is 19.5. The van der Waals surface area contributed by atoms with E-state index < -0.39 is 15.9 Å². The molecule has 2 aromatic carbocycles. The molecule has 1 atom stereocenters. The van der Waals surface area contributed by atoms with E-state index >= 15 is 0 Å². The lowest BCUT2D eigenvalue weighted by Gasteiger charge is -2.32. The van der Waals surface area contributed by atoms with Crippen LogP contribution in [0.1, 0.15) is 18.4 Å². The van der Waals surface area contributed by atoms with Gasteiger partial charge in [0.1, 0.15) is 10.6 Å². The molecule has 32 heavy (non-hydrogen) atoms. The van der Waals surface area contributed by atoms with Crippen molar-refractivity contribution in [2.24, 2.45) is 5.92 Å². The van der Waals surface area contributed by atoms with Crippen molar-refractivity contribution >= 4 is 56.4 Å². The minimum Gasteiger partial charge on any atom is -0.482 e. The lowest BCUT2D eigenvalue weighted by atomic mass is 9.98. The van der Waals surface area contributed by atoms with Crippen LogP contribution >= 0.6 is 23.2 Å². The van der Waals surface area contributed by atoms with Crippen LogP contribution in [0, 0.1) is 12.8 Å². The van der Waals surface area contributed by atoms with Gasteiger partial charge in [0.25, 0.3) is 5.91 Å². The summed E-state index contributed by atoms with van der Waals surface area (Å²) < 4.78 is 33.3. The van der Waals surface area contributed by atoms with E-state index in [9.17, 15) is 18.0 Å². The number of nitrogens with zero attached hydrogens (tertiary/aromatic N) is 1. The van der Waals surface area contributed by atoms with E-state index in [-0.39, 0.29) is 47.2 Å². The van der Waals surface area contributed by atoms with E-state index in [4.69, 9.17) is 27.9 Å². The van der Waals surface area contributed by atoms with Crippen molar-refractivity contribution in [3.8, 4) is 5.75 Å². The standard InChI is InChI=1S/C21H21Cl2N3O5S/c1-12-4-5-14(22)7-16(12)25-21(28)13-3-2-6-26(10-13)32(29,30)19-9-18-17(8-15(19)23)24-20(27)11-31-18/h4-5,7-9,13H,2-3,6,10-11H2,1H3,(H,24,27)(H,25,28)/t13-/m0/s1. The number of carbonyl (C=O) groups is 2. The van der Waals surface area contributed by atoms with Crippen molar-refractivity contribution < 1.29 is 22.7 Å². The molecule has 2 aliphatic rings. The number of halogens is 2. The predicted molar refractivity (Wildman–Crippen MR) is 122 cm³/mol. The molecule has 8 nitrogen and oxygen atoms in total. The second-order valence-electron chi connectivity index (χ2n) is 7.77. The molecule has 2 aliphatic heterocycles. The Balaban J connectivity index is 1.54. The summed E-state index contributed by atoms with van der Waals surface area (Å²) in [6, 6.07) is 7.87. The Morgan fingerprint density at radius 3 is 2.81 bits per heavy atom. The van der Waals surface area contributed by atoms with Crippen LogP contribution < -0.4 is 15.4 Å². The largest absolute Gasteiger partial charge is 0.482 e. The number of rotatable bonds is 4.